The Balaban J connectivity index is 2.22. The standard InChI is InChI=1S/C25H38N2O4/c1-7-20(8-2)31-22-14-18(24(29)30)13-21(23(22)27-16(3)28)26-15-17-9-11-19(12-10-17)25(4,5)6/h9-12,14,20-23,26H,7-8,13,15H2,1-6H3,(H,27,28)(H,29,30)/t21-,22+,23+/m0/s1. The van der Waals surface area contributed by atoms with Crippen LogP contribution in [0.5, 0.6) is 0 Å². The fourth-order valence-corrected chi connectivity index (χ4v) is 3.94. The number of benzene rings is 1. The van der Waals surface area contributed by atoms with Gasteiger partial charge in [0, 0.05) is 25.1 Å². The van der Waals surface area contributed by atoms with E-state index in [1.165, 1.54) is 12.5 Å². The van der Waals surface area contributed by atoms with Crippen molar-refractivity contribution in [2.75, 3.05) is 0 Å². The molecule has 1 amide bonds. The number of aliphatic carboxylic acids is 1. The molecule has 0 saturated carbocycles. The minimum absolute atomic E-state index is 0.0104. The maximum absolute atomic E-state index is 11.9. The molecule has 1 aliphatic rings. The first-order valence-electron chi connectivity index (χ1n) is 11.2. The molecule has 0 unspecified atom stereocenters. The van der Waals surface area contributed by atoms with E-state index in [9.17, 15) is 14.7 Å². The van der Waals surface area contributed by atoms with Crippen molar-refractivity contribution in [3.63, 3.8) is 0 Å². The molecule has 31 heavy (non-hydrogen) atoms. The number of amides is 1. The molecule has 0 saturated heterocycles. The van der Waals surface area contributed by atoms with Crippen molar-refractivity contribution in [3.8, 4) is 0 Å². The number of carboxylic acids is 1. The Morgan fingerprint density at radius 3 is 2.26 bits per heavy atom. The average Bonchev–Trinajstić information content (AvgIpc) is 2.70. The normalized spacial score (nSPS) is 21.6. The van der Waals surface area contributed by atoms with E-state index in [0.717, 1.165) is 18.4 Å². The summed E-state index contributed by atoms with van der Waals surface area (Å²) in [5.41, 5.74) is 2.78. The van der Waals surface area contributed by atoms with E-state index in [1.807, 2.05) is 13.8 Å². The average molecular weight is 431 g/mol. The monoisotopic (exact) mass is 430 g/mol. The zero-order chi connectivity index (χ0) is 23.2. The molecule has 0 spiro atoms. The highest BCUT2D eigenvalue weighted by Gasteiger charge is 2.37. The lowest BCUT2D eigenvalue weighted by Gasteiger charge is -2.38. The SMILES string of the molecule is CCC(CC)O[C@@H]1C=C(C(=O)O)C[C@H](NCc2ccc(C(C)(C)C)cc2)[C@H]1NC(C)=O. The summed E-state index contributed by atoms with van der Waals surface area (Å²) in [7, 11) is 0. The highest BCUT2D eigenvalue weighted by molar-refractivity contribution is 5.87. The van der Waals surface area contributed by atoms with Crippen molar-refractivity contribution in [1.29, 1.82) is 0 Å². The van der Waals surface area contributed by atoms with Crippen LogP contribution in [-0.2, 0) is 26.3 Å². The van der Waals surface area contributed by atoms with Gasteiger partial charge in [0.2, 0.25) is 5.91 Å². The minimum Gasteiger partial charge on any atom is -0.478 e. The first-order chi connectivity index (χ1) is 14.5. The van der Waals surface area contributed by atoms with E-state index in [4.69, 9.17) is 4.74 Å². The molecule has 0 fully saturated rings. The largest absolute Gasteiger partial charge is 0.478 e. The van der Waals surface area contributed by atoms with Crippen molar-refractivity contribution in [3.05, 3.63) is 47.0 Å². The van der Waals surface area contributed by atoms with Crippen LogP contribution in [0.25, 0.3) is 0 Å². The molecule has 2 rings (SSSR count). The third-order valence-corrected chi connectivity index (χ3v) is 5.89. The minimum atomic E-state index is -0.944. The van der Waals surface area contributed by atoms with Gasteiger partial charge < -0.3 is 20.5 Å². The van der Waals surface area contributed by atoms with Crippen LogP contribution in [0, 0.1) is 0 Å². The number of rotatable bonds is 9. The van der Waals surface area contributed by atoms with Gasteiger partial charge in [-0.1, -0.05) is 58.9 Å². The summed E-state index contributed by atoms with van der Waals surface area (Å²) in [6, 6.07) is 7.86. The van der Waals surface area contributed by atoms with Crippen LogP contribution in [-0.4, -0.2) is 41.3 Å². The fourth-order valence-electron chi connectivity index (χ4n) is 3.94. The van der Waals surface area contributed by atoms with Crippen LogP contribution in [0.1, 0.15) is 71.9 Å². The lowest BCUT2D eigenvalue weighted by atomic mass is 9.86. The predicted molar refractivity (Wildman–Crippen MR) is 123 cm³/mol. The molecule has 172 valence electrons. The summed E-state index contributed by atoms with van der Waals surface area (Å²) in [6.07, 6.45) is 3.16. The number of hydrogen-bond donors (Lipinski definition) is 3. The Kier molecular flexibility index (Phi) is 8.83. The Bertz CT molecular complexity index is 776. The summed E-state index contributed by atoms with van der Waals surface area (Å²) in [6.45, 7) is 12.7. The molecule has 1 aromatic carbocycles. The van der Waals surface area contributed by atoms with E-state index < -0.39 is 12.1 Å². The van der Waals surface area contributed by atoms with Crippen molar-refractivity contribution in [1.82, 2.24) is 10.6 Å². The predicted octanol–water partition coefficient (Wildman–Crippen LogP) is 3.94. The lowest BCUT2D eigenvalue weighted by Crippen LogP contribution is -2.58. The van der Waals surface area contributed by atoms with Gasteiger partial charge in [-0.05, 0) is 41.9 Å². The quantitative estimate of drug-likeness (QED) is 0.552. The second-order valence-electron chi connectivity index (χ2n) is 9.40. The highest BCUT2D eigenvalue weighted by atomic mass is 16.5. The van der Waals surface area contributed by atoms with E-state index in [1.54, 1.807) is 6.08 Å². The number of nitrogens with one attached hydrogen (secondary N) is 2. The van der Waals surface area contributed by atoms with Gasteiger partial charge in [-0.15, -0.1) is 0 Å². The summed E-state index contributed by atoms with van der Waals surface area (Å²) in [5, 5.41) is 16.1. The zero-order valence-corrected chi connectivity index (χ0v) is 19.7. The molecule has 3 N–H and O–H groups in total. The number of carbonyl (C=O) groups is 2. The second-order valence-corrected chi connectivity index (χ2v) is 9.40. The summed E-state index contributed by atoms with van der Waals surface area (Å²) in [4.78, 5) is 23.7. The molecule has 0 bridgehead atoms. The van der Waals surface area contributed by atoms with Gasteiger partial charge in [0.05, 0.1) is 18.2 Å². The summed E-state index contributed by atoms with van der Waals surface area (Å²) < 4.78 is 6.22. The number of ether oxygens (including phenoxy) is 1. The third-order valence-electron chi connectivity index (χ3n) is 5.89. The number of hydrogen-bond acceptors (Lipinski definition) is 4. The van der Waals surface area contributed by atoms with Crippen molar-refractivity contribution in [2.45, 2.75) is 97.1 Å². The van der Waals surface area contributed by atoms with Crippen LogP contribution >= 0.6 is 0 Å². The molecule has 0 aromatic heterocycles. The molecular weight excluding hydrogens is 392 g/mol. The molecule has 0 radical (unpaired) electrons. The smallest absolute Gasteiger partial charge is 0.331 e. The van der Waals surface area contributed by atoms with E-state index >= 15 is 0 Å². The van der Waals surface area contributed by atoms with Gasteiger partial charge in [0.1, 0.15) is 0 Å². The van der Waals surface area contributed by atoms with E-state index in [-0.39, 0.29) is 29.5 Å². The summed E-state index contributed by atoms with van der Waals surface area (Å²) >= 11 is 0. The Labute approximate surface area is 186 Å². The topological polar surface area (TPSA) is 87.7 Å². The fraction of sp³-hybridized carbons (Fsp3) is 0.600. The Morgan fingerprint density at radius 2 is 1.77 bits per heavy atom. The maximum Gasteiger partial charge on any atom is 0.331 e. The third kappa shape index (κ3) is 7.18. The number of carboxylic acid groups (broad SMARTS) is 1. The van der Waals surface area contributed by atoms with Crippen LogP contribution in [0.3, 0.4) is 0 Å². The van der Waals surface area contributed by atoms with Gasteiger partial charge >= 0.3 is 5.97 Å². The molecule has 1 aliphatic carbocycles. The van der Waals surface area contributed by atoms with Gasteiger partial charge in [0.25, 0.3) is 0 Å². The number of carbonyl (C=O) groups excluding carboxylic acids is 1. The highest BCUT2D eigenvalue weighted by Crippen LogP contribution is 2.26. The van der Waals surface area contributed by atoms with Crippen LogP contribution in [0.2, 0.25) is 0 Å². The molecule has 0 heterocycles. The van der Waals surface area contributed by atoms with Crippen LogP contribution < -0.4 is 10.6 Å². The molecule has 6 nitrogen and oxygen atoms in total. The van der Waals surface area contributed by atoms with Crippen molar-refractivity contribution in [2.24, 2.45) is 0 Å². The maximum atomic E-state index is 11.9. The van der Waals surface area contributed by atoms with E-state index in [0.29, 0.717) is 18.5 Å². The van der Waals surface area contributed by atoms with Crippen molar-refractivity contribution >= 4 is 11.9 Å². The molecule has 1 aromatic rings. The van der Waals surface area contributed by atoms with Gasteiger partial charge in [-0.25, -0.2) is 4.79 Å². The van der Waals surface area contributed by atoms with Gasteiger partial charge in [-0.2, -0.15) is 0 Å². The first kappa shape index (κ1) is 25.1. The molecule has 0 aliphatic heterocycles. The molecular formula is C25H38N2O4. The lowest BCUT2D eigenvalue weighted by molar-refractivity contribution is -0.133. The Hall–Kier alpha value is -2.18. The Morgan fingerprint density at radius 1 is 1.16 bits per heavy atom. The summed E-state index contributed by atoms with van der Waals surface area (Å²) in [5.74, 6) is -1.10. The van der Waals surface area contributed by atoms with Crippen molar-refractivity contribution < 1.29 is 19.4 Å². The van der Waals surface area contributed by atoms with Gasteiger partial charge in [-0.3, -0.25) is 4.79 Å². The van der Waals surface area contributed by atoms with Crippen LogP contribution in [0.15, 0.2) is 35.9 Å². The van der Waals surface area contributed by atoms with Gasteiger partial charge in [0.15, 0.2) is 0 Å². The molecule has 3 atom stereocenters. The second kappa shape index (κ2) is 10.9. The van der Waals surface area contributed by atoms with Crippen LogP contribution in [0.4, 0.5) is 0 Å². The first-order valence-corrected chi connectivity index (χ1v) is 11.2. The van der Waals surface area contributed by atoms with E-state index in [2.05, 4.69) is 55.7 Å². The molecule has 6 heteroatoms. The zero-order valence-electron chi connectivity index (χ0n) is 19.7.